The van der Waals surface area contributed by atoms with Gasteiger partial charge in [-0.15, -0.1) is 11.8 Å². The number of hydrogen-bond donors (Lipinski definition) is 0. The van der Waals surface area contributed by atoms with Crippen LogP contribution in [0.3, 0.4) is 0 Å². The molecule has 0 amide bonds. The van der Waals surface area contributed by atoms with Crippen LogP contribution < -0.4 is 0 Å². The zero-order valence-corrected chi connectivity index (χ0v) is 14.3. The second-order valence-electron chi connectivity index (χ2n) is 5.66. The minimum Gasteiger partial charge on any atom is -0.272 e. The molecule has 4 heteroatoms. The number of carbonyl (C=O) groups excluding carboxylic acids is 1. The van der Waals surface area contributed by atoms with Crippen molar-refractivity contribution in [3.05, 3.63) is 96.8 Å². The van der Waals surface area contributed by atoms with Gasteiger partial charge in [-0.3, -0.25) is 9.36 Å². The highest BCUT2D eigenvalue weighted by molar-refractivity contribution is 8.00. The Kier molecular flexibility index (Phi) is 4.36. The van der Waals surface area contributed by atoms with Gasteiger partial charge < -0.3 is 0 Å². The molecule has 25 heavy (non-hydrogen) atoms. The molecule has 0 saturated carbocycles. The van der Waals surface area contributed by atoms with Crippen LogP contribution in [0, 0.1) is 0 Å². The molecule has 0 fully saturated rings. The minimum absolute atomic E-state index is 0.00810. The molecule has 0 saturated heterocycles. The summed E-state index contributed by atoms with van der Waals surface area (Å²) >= 11 is 1.56. The molecule has 122 valence electrons. The first-order valence-electron chi connectivity index (χ1n) is 8.06. The van der Waals surface area contributed by atoms with Gasteiger partial charge in [-0.05, 0) is 29.8 Å². The van der Waals surface area contributed by atoms with Crippen LogP contribution in [-0.2, 0) is 0 Å². The molecular formula is C21H16N2OS. The van der Waals surface area contributed by atoms with E-state index in [1.807, 2.05) is 84.9 Å². The number of imidazole rings is 1. The zero-order valence-electron chi connectivity index (χ0n) is 13.4. The lowest BCUT2D eigenvalue weighted by Gasteiger charge is -2.17. The average molecular weight is 344 g/mol. The largest absolute Gasteiger partial charge is 0.272 e. The van der Waals surface area contributed by atoms with E-state index in [9.17, 15) is 4.79 Å². The summed E-state index contributed by atoms with van der Waals surface area (Å²) in [6.45, 7) is 0. The van der Waals surface area contributed by atoms with Gasteiger partial charge in [-0.1, -0.05) is 60.7 Å². The molecule has 0 aliphatic carbocycles. The monoisotopic (exact) mass is 344 g/mol. The summed E-state index contributed by atoms with van der Waals surface area (Å²) in [6.07, 6.45) is 1.62. The molecule has 1 heterocycles. The molecule has 3 nitrogen and oxygen atoms in total. The van der Waals surface area contributed by atoms with Crippen LogP contribution in [0.15, 0.2) is 96.2 Å². The molecule has 4 rings (SSSR count). The summed E-state index contributed by atoms with van der Waals surface area (Å²) < 4.78 is 1.66. The first-order chi connectivity index (χ1) is 12.3. The summed E-state index contributed by atoms with van der Waals surface area (Å²) in [5.41, 5.74) is 2.65. The number of benzene rings is 3. The van der Waals surface area contributed by atoms with E-state index in [4.69, 9.17) is 0 Å². The Balaban J connectivity index is 1.76. The van der Waals surface area contributed by atoms with E-state index >= 15 is 0 Å². The van der Waals surface area contributed by atoms with E-state index < -0.39 is 0 Å². The molecule has 1 unspecified atom stereocenters. The summed E-state index contributed by atoms with van der Waals surface area (Å²) in [5.74, 6) is 0.00810. The number of para-hydroxylation sites is 2. The number of carbonyl (C=O) groups is 1. The highest BCUT2D eigenvalue weighted by atomic mass is 32.2. The molecule has 0 aliphatic rings. The van der Waals surface area contributed by atoms with Crippen molar-refractivity contribution in [2.24, 2.45) is 0 Å². The summed E-state index contributed by atoms with van der Waals surface area (Å²) in [4.78, 5) is 18.7. The maximum Gasteiger partial charge on any atom is 0.250 e. The van der Waals surface area contributed by atoms with Crippen molar-refractivity contribution in [1.82, 2.24) is 9.55 Å². The third kappa shape index (κ3) is 3.21. The highest BCUT2D eigenvalue weighted by Gasteiger charge is 2.24. The third-order valence-electron chi connectivity index (χ3n) is 4.01. The fourth-order valence-corrected chi connectivity index (χ4v) is 3.88. The Hall–Kier alpha value is -2.85. The first kappa shape index (κ1) is 15.7. The van der Waals surface area contributed by atoms with E-state index in [2.05, 4.69) is 4.98 Å². The molecule has 0 bridgehead atoms. The Morgan fingerprint density at radius 3 is 2.24 bits per heavy atom. The highest BCUT2D eigenvalue weighted by Crippen LogP contribution is 2.36. The maximum atomic E-state index is 13.3. The lowest BCUT2D eigenvalue weighted by atomic mass is 10.1. The van der Waals surface area contributed by atoms with Gasteiger partial charge in [0.15, 0.2) is 0 Å². The third-order valence-corrected chi connectivity index (χ3v) is 5.27. The maximum absolute atomic E-state index is 13.3. The first-order valence-corrected chi connectivity index (χ1v) is 8.94. The smallest absolute Gasteiger partial charge is 0.250 e. The van der Waals surface area contributed by atoms with Crippen LogP contribution >= 0.6 is 11.8 Å². The fraction of sp³-hybridized carbons (Fsp3) is 0.0476. The number of rotatable bonds is 4. The molecule has 3 aromatic carbocycles. The van der Waals surface area contributed by atoms with Gasteiger partial charge in [0.2, 0.25) is 5.91 Å². The number of fused-ring (bicyclic) bond motifs is 1. The van der Waals surface area contributed by atoms with Gasteiger partial charge >= 0.3 is 0 Å². The second-order valence-corrected chi connectivity index (χ2v) is 6.84. The van der Waals surface area contributed by atoms with Crippen LogP contribution in [0.2, 0.25) is 0 Å². The summed E-state index contributed by atoms with van der Waals surface area (Å²) in [6, 6.07) is 27.6. The van der Waals surface area contributed by atoms with Crippen molar-refractivity contribution in [3.63, 3.8) is 0 Å². The predicted molar refractivity (Wildman–Crippen MR) is 102 cm³/mol. The van der Waals surface area contributed by atoms with Crippen LogP contribution in [0.1, 0.15) is 15.6 Å². The van der Waals surface area contributed by atoms with Gasteiger partial charge in [0.05, 0.1) is 11.0 Å². The predicted octanol–water partition coefficient (Wildman–Crippen LogP) is 5.21. The normalized spacial score (nSPS) is 12.2. The molecule has 0 radical (unpaired) electrons. The Labute approximate surface area is 150 Å². The number of nitrogens with zero attached hydrogens (tertiary/aromatic N) is 2. The Morgan fingerprint density at radius 2 is 1.48 bits per heavy atom. The van der Waals surface area contributed by atoms with E-state index in [-0.39, 0.29) is 11.2 Å². The quantitative estimate of drug-likeness (QED) is 0.477. The molecule has 1 atom stereocenters. The van der Waals surface area contributed by atoms with Crippen LogP contribution in [0.5, 0.6) is 0 Å². The summed E-state index contributed by atoms with van der Waals surface area (Å²) in [7, 11) is 0. The lowest BCUT2D eigenvalue weighted by Crippen LogP contribution is -2.17. The van der Waals surface area contributed by atoms with Crippen molar-refractivity contribution in [3.8, 4) is 0 Å². The van der Waals surface area contributed by atoms with Crippen LogP contribution in [0.4, 0.5) is 0 Å². The molecular weight excluding hydrogens is 328 g/mol. The summed E-state index contributed by atoms with van der Waals surface area (Å²) in [5, 5.41) is -0.332. The van der Waals surface area contributed by atoms with Gasteiger partial charge in [-0.2, -0.15) is 0 Å². The Bertz CT molecular complexity index is 996. The molecule has 0 N–H and O–H groups in total. The molecule has 1 aromatic heterocycles. The van der Waals surface area contributed by atoms with Gasteiger partial charge in [0.25, 0.3) is 0 Å². The van der Waals surface area contributed by atoms with E-state index in [1.165, 1.54) is 0 Å². The number of aromatic nitrogens is 2. The van der Waals surface area contributed by atoms with Gasteiger partial charge in [0.1, 0.15) is 11.6 Å². The van der Waals surface area contributed by atoms with E-state index in [1.54, 1.807) is 22.7 Å². The van der Waals surface area contributed by atoms with Crippen LogP contribution in [0.25, 0.3) is 11.0 Å². The van der Waals surface area contributed by atoms with Crippen molar-refractivity contribution in [2.45, 2.75) is 10.1 Å². The average Bonchev–Trinajstić information content (AvgIpc) is 3.11. The van der Waals surface area contributed by atoms with E-state index in [0.29, 0.717) is 0 Å². The SMILES string of the molecule is O=C(C(Sc1ccccc1)c1ccccc1)n1cnc2ccccc21. The second kappa shape index (κ2) is 6.95. The molecule has 4 aromatic rings. The number of thioether (sulfide) groups is 1. The van der Waals surface area contributed by atoms with Crippen molar-refractivity contribution in [2.75, 3.05) is 0 Å². The van der Waals surface area contributed by atoms with Crippen molar-refractivity contribution < 1.29 is 4.79 Å². The fourth-order valence-electron chi connectivity index (χ4n) is 2.79. The van der Waals surface area contributed by atoms with E-state index in [0.717, 1.165) is 21.5 Å². The van der Waals surface area contributed by atoms with Crippen molar-refractivity contribution in [1.29, 1.82) is 0 Å². The molecule has 0 spiro atoms. The topological polar surface area (TPSA) is 34.9 Å². The standard InChI is InChI=1S/C21H16N2OS/c24-21(23-15-22-18-13-7-8-14-19(18)23)20(16-9-3-1-4-10-16)25-17-11-5-2-6-12-17/h1-15,20H. The van der Waals surface area contributed by atoms with Crippen molar-refractivity contribution >= 4 is 28.7 Å². The zero-order chi connectivity index (χ0) is 17.1. The minimum atomic E-state index is -0.332. The van der Waals surface area contributed by atoms with Gasteiger partial charge in [-0.25, -0.2) is 4.98 Å². The van der Waals surface area contributed by atoms with Gasteiger partial charge in [0, 0.05) is 4.90 Å². The lowest BCUT2D eigenvalue weighted by molar-refractivity contribution is 0.0915. The molecule has 0 aliphatic heterocycles. The van der Waals surface area contributed by atoms with Crippen LogP contribution in [-0.4, -0.2) is 15.5 Å². The Morgan fingerprint density at radius 1 is 0.840 bits per heavy atom. The number of hydrogen-bond acceptors (Lipinski definition) is 3.